The molecule has 1 N–H and O–H groups in total. The lowest BCUT2D eigenvalue weighted by Gasteiger charge is -2.16. The molecule has 1 aliphatic rings. The zero-order valence-corrected chi connectivity index (χ0v) is 14.2. The van der Waals surface area contributed by atoms with Gasteiger partial charge in [-0.25, -0.2) is 9.97 Å². The molecule has 0 bridgehead atoms. The number of anilines is 1. The fraction of sp³-hybridized carbons (Fsp3) is 0.421. The van der Waals surface area contributed by atoms with Gasteiger partial charge in [0.05, 0.1) is 5.69 Å². The first-order chi connectivity index (χ1) is 11.8. The van der Waals surface area contributed by atoms with Gasteiger partial charge < -0.3 is 10.2 Å². The molecule has 2 heterocycles. The minimum Gasteiger partial charge on any atom is -0.357 e. The molecule has 2 aromatic rings. The molecular weight excluding hydrogens is 300 g/mol. The van der Waals surface area contributed by atoms with Crippen LogP contribution in [0.3, 0.4) is 0 Å². The monoisotopic (exact) mass is 324 g/mol. The normalized spacial score (nSPS) is 14.0. The van der Waals surface area contributed by atoms with Gasteiger partial charge in [0, 0.05) is 36.8 Å². The Morgan fingerprint density at radius 1 is 1.17 bits per heavy atom. The lowest BCUT2D eigenvalue weighted by molar-refractivity contribution is 0.0953. The predicted octanol–water partition coefficient (Wildman–Crippen LogP) is 3.27. The van der Waals surface area contributed by atoms with Gasteiger partial charge in [0.15, 0.2) is 0 Å². The van der Waals surface area contributed by atoms with E-state index in [1.807, 2.05) is 30.3 Å². The summed E-state index contributed by atoms with van der Waals surface area (Å²) < 4.78 is 0. The summed E-state index contributed by atoms with van der Waals surface area (Å²) in [5.41, 5.74) is 2.58. The van der Waals surface area contributed by atoms with Crippen molar-refractivity contribution in [2.24, 2.45) is 0 Å². The molecule has 24 heavy (non-hydrogen) atoms. The van der Waals surface area contributed by atoms with Crippen molar-refractivity contribution in [2.45, 2.75) is 32.6 Å². The smallest absolute Gasteiger partial charge is 0.251 e. The third kappa shape index (κ3) is 3.91. The SMILES string of the molecule is CCCCNC(=O)c1ccc(-c2cc(N3CCCC3)ncn2)cc1. The van der Waals surface area contributed by atoms with Gasteiger partial charge in [0.25, 0.3) is 5.91 Å². The molecule has 1 aromatic carbocycles. The number of benzene rings is 1. The van der Waals surface area contributed by atoms with Crippen molar-refractivity contribution in [1.29, 1.82) is 0 Å². The van der Waals surface area contributed by atoms with Crippen molar-refractivity contribution >= 4 is 11.7 Å². The molecule has 126 valence electrons. The van der Waals surface area contributed by atoms with E-state index in [-0.39, 0.29) is 5.91 Å². The number of carbonyl (C=O) groups is 1. The number of nitrogens with one attached hydrogen (secondary N) is 1. The molecule has 0 atom stereocenters. The van der Waals surface area contributed by atoms with Crippen LogP contribution in [0, 0.1) is 0 Å². The first-order valence-electron chi connectivity index (χ1n) is 8.73. The second kappa shape index (κ2) is 7.90. The van der Waals surface area contributed by atoms with Gasteiger partial charge in [-0.05, 0) is 31.4 Å². The average molecular weight is 324 g/mol. The largest absolute Gasteiger partial charge is 0.357 e. The van der Waals surface area contributed by atoms with E-state index in [0.29, 0.717) is 5.56 Å². The molecule has 3 rings (SSSR count). The summed E-state index contributed by atoms with van der Waals surface area (Å²) in [7, 11) is 0. The molecule has 1 fully saturated rings. The van der Waals surface area contributed by atoms with Crippen molar-refractivity contribution in [3.8, 4) is 11.3 Å². The predicted molar refractivity (Wildman–Crippen MR) is 96.2 cm³/mol. The lowest BCUT2D eigenvalue weighted by atomic mass is 10.1. The Hall–Kier alpha value is -2.43. The van der Waals surface area contributed by atoms with Gasteiger partial charge >= 0.3 is 0 Å². The highest BCUT2D eigenvalue weighted by molar-refractivity contribution is 5.94. The van der Waals surface area contributed by atoms with Crippen LogP contribution in [0.15, 0.2) is 36.7 Å². The molecule has 1 aromatic heterocycles. The lowest BCUT2D eigenvalue weighted by Crippen LogP contribution is -2.24. The van der Waals surface area contributed by atoms with Crippen LogP contribution in [0.2, 0.25) is 0 Å². The summed E-state index contributed by atoms with van der Waals surface area (Å²) in [6.45, 7) is 4.96. The summed E-state index contributed by atoms with van der Waals surface area (Å²) in [5, 5.41) is 2.93. The van der Waals surface area contributed by atoms with Crippen LogP contribution < -0.4 is 10.2 Å². The highest BCUT2D eigenvalue weighted by atomic mass is 16.1. The van der Waals surface area contributed by atoms with Gasteiger partial charge in [0.1, 0.15) is 12.1 Å². The first kappa shape index (κ1) is 16.4. The van der Waals surface area contributed by atoms with E-state index in [9.17, 15) is 4.79 Å². The Morgan fingerprint density at radius 2 is 1.92 bits per heavy atom. The number of aromatic nitrogens is 2. The maximum absolute atomic E-state index is 12.1. The molecule has 5 heteroatoms. The number of carbonyl (C=O) groups excluding carboxylic acids is 1. The minimum absolute atomic E-state index is 0.0181. The third-order valence-electron chi connectivity index (χ3n) is 4.34. The van der Waals surface area contributed by atoms with Crippen molar-refractivity contribution in [1.82, 2.24) is 15.3 Å². The Labute approximate surface area is 143 Å². The van der Waals surface area contributed by atoms with Gasteiger partial charge in [-0.3, -0.25) is 4.79 Å². The van der Waals surface area contributed by atoms with Crippen molar-refractivity contribution in [3.63, 3.8) is 0 Å². The van der Waals surface area contributed by atoms with Crippen LogP contribution in [-0.2, 0) is 0 Å². The molecule has 0 spiro atoms. The van der Waals surface area contributed by atoms with Crippen molar-refractivity contribution < 1.29 is 4.79 Å². The van der Waals surface area contributed by atoms with E-state index in [0.717, 1.165) is 49.6 Å². The number of hydrogen-bond acceptors (Lipinski definition) is 4. The Kier molecular flexibility index (Phi) is 5.41. The second-order valence-corrected chi connectivity index (χ2v) is 6.14. The summed E-state index contributed by atoms with van der Waals surface area (Å²) in [4.78, 5) is 23.1. The molecule has 0 radical (unpaired) electrons. The van der Waals surface area contributed by atoms with Gasteiger partial charge in [-0.2, -0.15) is 0 Å². The van der Waals surface area contributed by atoms with Gasteiger partial charge in [0.2, 0.25) is 0 Å². The maximum Gasteiger partial charge on any atom is 0.251 e. The Morgan fingerprint density at radius 3 is 2.62 bits per heavy atom. The molecule has 5 nitrogen and oxygen atoms in total. The van der Waals surface area contributed by atoms with E-state index in [2.05, 4.69) is 27.1 Å². The van der Waals surface area contributed by atoms with Crippen LogP contribution >= 0.6 is 0 Å². The van der Waals surface area contributed by atoms with Crippen LogP contribution in [-0.4, -0.2) is 35.5 Å². The topological polar surface area (TPSA) is 58.1 Å². The zero-order chi connectivity index (χ0) is 16.8. The number of unbranched alkanes of at least 4 members (excludes halogenated alkanes) is 1. The second-order valence-electron chi connectivity index (χ2n) is 6.14. The Bertz CT molecular complexity index is 678. The molecule has 1 saturated heterocycles. The summed E-state index contributed by atoms with van der Waals surface area (Å²) >= 11 is 0. The third-order valence-corrected chi connectivity index (χ3v) is 4.34. The molecule has 1 amide bonds. The van der Waals surface area contributed by atoms with Gasteiger partial charge in [-0.1, -0.05) is 25.5 Å². The van der Waals surface area contributed by atoms with Crippen molar-refractivity contribution in [2.75, 3.05) is 24.5 Å². The fourth-order valence-electron chi connectivity index (χ4n) is 2.90. The number of hydrogen-bond donors (Lipinski definition) is 1. The van der Waals surface area contributed by atoms with E-state index in [4.69, 9.17) is 0 Å². The van der Waals surface area contributed by atoms with E-state index >= 15 is 0 Å². The van der Waals surface area contributed by atoms with Crippen LogP contribution in [0.25, 0.3) is 11.3 Å². The molecule has 0 unspecified atom stereocenters. The highest BCUT2D eigenvalue weighted by Crippen LogP contribution is 2.23. The van der Waals surface area contributed by atoms with Crippen LogP contribution in [0.4, 0.5) is 5.82 Å². The summed E-state index contributed by atoms with van der Waals surface area (Å²) in [5.74, 6) is 0.967. The van der Waals surface area contributed by atoms with E-state index < -0.39 is 0 Å². The molecule has 0 aliphatic carbocycles. The fourth-order valence-corrected chi connectivity index (χ4v) is 2.90. The summed E-state index contributed by atoms with van der Waals surface area (Å²) in [6.07, 6.45) is 6.15. The summed E-state index contributed by atoms with van der Waals surface area (Å²) in [6, 6.07) is 9.64. The Balaban J connectivity index is 1.71. The van der Waals surface area contributed by atoms with E-state index in [1.54, 1.807) is 6.33 Å². The molecule has 0 saturated carbocycles. The van der Waals surface area contributed by atoms with E-state index in [1.165, 1.54) is 12.8 Å². The molecular formula is C19H24N4O. The quantitative estimate of drug-likeness (QED) is 0.829. The number of nitrogens with zero attached hydrogens (tertiary/aromatic N) is 3. The average Bonchev–Trinajstić information content (AvgIpc) is 3.17. The van der Waals surface area contributed by atoms with Crippen LogP contribution in [0.5, 0.6) is 0 Å². The number of amides is 1. The highest BCUT2D eigenvalue weighted by Gasteiger charge is 2.14. The standard InChI is InChI=1S/C19H24N4O/c1-2-3-10-20-19(24)16-8-6-15(7-9-16)17-13-18(22-14-21-17)23-11-4-5-12-23/h6-9,13-14H,2-5,10-12H2,1H3,(H,20,24). The first-order valence-corrected chi connectivity index (χ1v) is 8.73. The van der Waals surface area contributed by atoms with Gasteiger partial charge in [-0.15, -0.1) is 0 Å². The minimum atomic E-state index is -0.0181. The molecule has 1 aliphatic heterocycles. The zero-order valence-electron chi connectivity index (χ0n) is 14.2. The number of rotatable bonds is 6. The maximum atomic E-state index is 12.1. The van der Waals surface area contributed by atoms with Crippen LogP contribution in [0.1, 0.15) is 43.0 Å². The van der Waals surface area contributed by atoms with Crippen molar-refractivity contribution in [3.05, 3.63) is 42.2 Å².